The number of nitrogens with one attached hydrogen (secondary N) is 1. The molecule has 2 rings (SSSR count). The van der Waals surface area contributed by atoms with Crippen LogP contribution in [-0.4, -0.2) is 86.8 Å². The highest BCUT2D eigenvalue weighted by atomic mass is 35.5. The van der Waals surface area contributed by atoms with E-state index < -0.39 is 62.3 Å². The van der Waals surface area contributed by atoms with Gasteiger partial charge in [0.2, 0.25) is 0 Å². The Balaban J connectivity index is 0.000000788. The van der Waals surface area contributed by atoms with E-state index in [2.05, 4.69) is 5.32 Å². The number of nitrogens with two attached hydrogens (primary N) is 1. The van der Waals surface area contributed by atoms with Gasteiger partial charge >= 0.3 is 6.09 Å². The summed E-state index contributed by atoms with van der Waals surface area (Å²) in [7, 11) is -6.56. The van der Waals surface area contributed by atoms with Gasteiger partial charge in [-0.2, -0.15) is 0 Å². The first-order valence-electron chi connectivity index (χ1n) is 11.7. The third-order valence-corrected chi connectivity index (χ3v) is 7.45. The van der Waals surface area contributed by atoms with E-state index in [9.17, 15) is 36.9 Å². The Hall–Kier alpha value is -2.30. The molecular formula is C25H39ClN2O10S2. The van der Waals surface area contributed by atoms with Crippen LogP contribution in [0, 0.1) is 0 Å². The van der Waals surface area contributed by atoms with E-state index in [4.69, 9.17) is 15.6 Å². The number of rotatable bonds is 9. The summed E-state index contributed by atoms with van der Waals surface area (Å²) in [6.07, 6.45) is -0.778. The standard InChI is InChI=1S/C15H23NO6S.C10H15NO4S.ClH/c1-15(2,3)22-14(19)16-12(9-17)13(18)10-5-7-11(8-6-10)23(4,20)21;1-16(14,15)8-4-2-7(3-5-8)10(13)9(11)6-12;/h5-8,12-13,17-18H,9H2,1-4H3,(H,16,19);2-5,9-10,12-13H,6,11H2,1H3;1H/t12-,13-;9-,10-;/m11./s1. The summed E-state index contributed by atoms with van der Waals surface area (Å²) in [6, 6.07) is 9.59. The van der Waals surface area contributed by atoms with E-state index in [1.165, 1.54) is 48.5 Å². The van der Waals surface area contributed by atoms with Crippen molar-refractivity contribution in [3.8, 4) is 0 Å². The summed E-state index contributed by atoms with van der Waals surface area (Å²) >= 11 is 0. The van der Waals surface area contributed by atoms with Crippen molar-refractivity contribution in [1.82, 2.24) is 5.32 Å². The van der Waals surface area contributed by atoms with Gasteiger partial charge in [0.25, 0.3) is 0 Å². The molecule has 40 heavy (non-hydrogen) atoms. The zero-order valence-corrected chi connectivity index (χ0v) is 25.3. The Labute approximate surface area is 241 Å². The third-order valence-electron chi connectivity index (χ3n) is 5.20. The molecule has 0 aliphatic heterocycles. The van der Waals surface area contributed by atoms with Crippen LogP contribution in [0.2, 0.25) is 0 Å². The van der Waals surface area contributed by atoms with Crippen molar-refractivity contribution in [1.29, 1.82) is 0 Å². The summed E-state index contributed by atoms with van der Waals surface area (Å²) < 4.78 is 50.2. The number of halogens is 1. The average molecular weight is 627 g/mol. The minimum atomic E-state index is -3.33. The van der Waals surface area contributed by atoms with Crippen LogP contribution in [0.25, 0.3) is 0 Å². The molecule has 0 aromatic heterocycles. The van der Waals surface area contributed by atoms with Crippen molar-refractivity contribution in [2.45, 2.75) is 60.5 Å². The molecule has 2 aromatic carbocycles. The second-order valence-electron chi connectivity index (χ2n) is 9.85. The monoisotopic (exact) mass is 626 g/mol. The van der Waals surface area contributed by atoms with Gasteiger partial charge < -0.3 is 36.2 Å². The summed E-state index contributed by atoms with van der Waals surface area (Å²) in [4.78, 5) is 12.0. The van der Waals surface area contributed by atoms with Crippen molar-refractivity contribution in [2.24, 2.45) is 5.73 Å². The minimum Gasteiger partial charge on any atom is -0.444 e. The van der Waals surface area contributed by atoms with E-state index in [-0.39, 0.29) is 28.8 Å². The van der Waals surface area contributed by atoms with Gasteiger partial charge in [-0.25, -0.2) is 21.6 Å². The van der Waals surface area contributed by atoms with Crippen LogP contribution in [-0.2, 0) is 24.4 Å². The molecule has 15 heteroatoms. The van der Waals surface area contributed by atoms with Crippen molar-refractivity contribution < 1.29 is 46.8 Å². The molecule has 1 amide bonds. The lowest BCUT2D eigenvalue weighted by Crippen LogP contribution is -2.44. The van der Waals surface area contributed by atoms with Crippen LogP contribution < -0.4 is 11.1 Å². The molecule has 0 fully saturated rings. The molecule has 0 radical (unpaired) electrons. The van der Waals surface area contributed by atoms with Crippen molar-refractivity contribution >= 4 is 38.2 Å². The van der Waals surface area contributed by atoms with Crippen LogP contribution >= 0.6 is 12.4 Å². The summed E-state index contributed by atoms with van der Waals surface area (Å²) in [5.74, 6) is 0. The number of carbonyl (C=O) groups is 1. The van der Waals surface area contributed by atoms with Crippen LogP contribution in [0.3, 0.4) is 0 Å². The van der Waals surface area contributed by atoms with E-state index in [0.29, 0.717) is 11.1 Å². The number of sulfone groups is 2. The molecule has 4 atom stereocenters. The van der Waals surface area contributed by atoms with Gasteiger partial charge in [0, 0.05) is 12.5 Å². The molecule has 0 unspecified atom stereocenters. The van der Waals surface area contributed by atoms with Gasteiger partial charge in [0.1, 0.15) is 11.7 Å². The number of hydrogen-bond acceptors (Lipinski definition) is 11. The molecule has 0 aliphatic rings. The second-order valence-corrected chi connectivity index (χ2v) is 13.9. The molecule has 0 saturated heterocycles. The molecule has 228 valence electrons. The molecule has 0 bridgehead atoms. The first kappa shape index (κ1) is 37.7. The highest BCUT2D eigenvalue weighted by Crippen LogP contribution is 2.20. The van der Waals surface area contributed by atoms with Gasteiger partial charge in [-0.1, -0.05) is 24.3 Å². The molecule has 0 aliphatic carbocycles. The number of amides is 1. The first-order valence-corrected chi connectivity index (χ1v) is 15.5. The quantitative estimate of drug-likeness (QED) is 0.230. The van der Waals surface area contributed by atoms with E-state index in [0.717, 1.165) is 12.5 Å². The normalized spacial score (nSPS) is 14.8. The van der Waals surface area contributed by atoms with Crippen molar-refractivity contribution in [2.75, 3.05) is 25.7 Å². The number of benzene rings is 2. The first-order chi connectivity index (χ1) is 17.8. The molecule has 7 N–H and O–H groups in total. The van der Waals surface area contributed by atoms with Crippen molar-refractivity contribution in [3.05, 3.63) is 59.7 Å². The van der Waals surface area contributed by atoms with E-state index in [1.54, 1.807) is 20.8 Å². The molecule has 2 aromatic rings. The van der Waals surface area contributed by atoms with Crippen molar-refractivity contribution in [3.63, 3.8) is 0 Å². The van der Waals surface area contributed by atoms with Crippen LogP contribution in [0.1, 0.15) is 44.1 Å². The summed E-state index contributed by atoms with van der Waals surface area (Å²) in [5, 5.41) is 40.4. The average Bonchev–Trinajstić information content (AvgIpc) is 2.84. The fourth-order valence-corrected chi connectivity index (χ4v) is 4.35. The lowest BCUT2D eigenvalue weighted by atomic mass is 10.0. The van der Waals surface area contributed by atoms with Gasteiger partial charge in [-0.15, -0.1) is 12.4 Å². The van der Waals surface area contributed by atoms with Crippen LogP contribution in [0.15, 0.2) is 58.3 Å². The SMILES string of the molecule is CC(C)(C)OC(=O)N[C@H](CO)[C@H](O)c1ccc(S(C)(=O)=O)cc1.CS(=O)(=O)c1ccc([C@@H](O)[C@H](N)CO)cc1.Cl. The largest absolute Gasteiger partial charge is 0.444 e. The Kier molecular flexibility index (Phi) is 14.7. The second kappa shape index (κ2) is 15.6. The fourth-order valence-electron chi connectivity index (χ4n) is 3.09. The highest BCUT2D eigenvalue weighted by Gasteiger charge is 2.25. The molecule has 0 saturated carbocycles. The Morgan fingerprint density at radius 2 is 1.20 bits per heavy atom. The van der Waals surface area contributed by atoms with Crippen LogP contribution in [0.5, 0.6) is 0 Å². The third kappa shape index (κ3) is 12.5. The Bertz CT molecular complexity index is 1280. The van der Waals surface area contributed by atoms with E-state index >= 15 is 0 Å². The lowest BCUT2D eigenvalue weighted by Gasteiger charge is -2.25. The topological polar surface area (TPSA) is 214 Å². The Morgan fingerprint density at radius 1 is 0.825 bits per heavy atom. The molecular weight excluding hydrogens is 588 g/mol. The lowest BCUT2D eigenvalue weighted by molar-refractivity contribution is 0.0349. The molecule has 0 heterocycles. The van der Waals surface area contributed by atoms with Gasteiger partial charge in [-0.3, -0.25) is 0 Å². The molecule has 0 spiro atoms. The number of alkyl carbamates (subject to hydrolysis) is 1. The van der Waals surface area contributed by atoms with Gasteiger partial charge in [0.15, 0.2) is 19.7 Å². The number of carbonyl (C=O) groups excluding carboxylic acids is 1. The summed E-state index contributed by atoms with van der Waals surface area (Å²) in [6.45, 7) is 4.24. The van der Waals surface area contributed by atoms with Crippen LogP contribution in [0.4, 0.5) is 4.79 Å². The number of aliphatic hydroxyl groups is 4. The maximum atomic E-state index is 11.7. The highest BCUT2D eigenvalue weighted by molar-refractivity contribution is 7.91. The zero-order chi connectivity index (χ0) is 30.2. The number of hydrogen-bond donors (Lipinski definition) is 6. The summed E-state index contributed by atoms with van der Waals surface area (Å²) in [5.41, 5.74) is 5.60. The minimum absolute atomic E-state index is 0. The maximum absolute atomic E-state index is 11.7. The predicted molar refractivity (Wildman–Crippen MR) is 152 cm³/mol. The maximum Gasteiger partial charge on any atom is 0.408 e. The number of aliphatic hydroxyl groups excluding tert-OH is 4. The Morgan fingerprint density at radius 3 is 1.50 bits per heavy atom. The predicted octanol–water partition coefficient (Wildman–Crippen LogP) is 0.874. The van der Waals surface area contributed by atoms with E-state index in [1.807, 2.05) is 0 Å². The van der Waals surface area contributed by atoms with Gasteiger partial charge in [-0.05, 0) is 56.2 Å². The molecule has 12 nitrogen and oxygen atoms in total. The fraction of sp³-hybridized carbons (Fsp3) is 0.480. The number of ether oxygens (including phenoxy) is 1. The zero-order valence-electron chi connectivity index (χ0n) is 22.9. The smallest absolute Gasteiger partial charge is 0.408 e. The van der Waals surface area contributed by atoms with Gasteiger partial charge in [0.05, 0.1) is 41.2 Å².